The molecular formula is C25H22BrNO2S. The van der Waals surface area contributed by atoms with Crippen molar-refractivity contribution < 1.29 is 8.42 Å². The maximum absolute atomic E-state index is 12.0. The van der Waals surface area contributed by atoms with Crippen LogP contribution in [0.15, 0.2) is 83.5 Å². The summed E-state index contributed by atoms with van der Waals surface area (Å²) in [6.07, 6.45) is 3.55. The first-order valence-corrected chi connectivity index (χ1v) is 12.5. The van der Waals surface area contributed by atoms with Crippen molar-refractivity contribution in [2.45, 2.75) is 18.6 Å². The molecule has 0 spiro atoms. The van der Waals surface area contributed by atoms with Crippen LogP contribution in [0.3, 0.4) is 0 Å². The van der Waals surface area contributed by atoms with E-state index in [0.29, 0.717) is 6.42 Å². The number of hydrogen-bond donors (Lipinski definition) is 0. The smallest absolute Gasteiger partial charge is 0.150 e. The lowest BCUT2D eigenvalue weighted by Crippen LogP contribution is -2.18. The fraction of sp³-hybridized carbons (Fsp3) is 0.160. The van der Waals surface area contributed by atoms with Gasteiger partial charge in [0.1, 0.15) is 9.84 Å². The van der Waals surface area contributed by atoms with Crippen LogP contribution in [0.4, 0.5) is 0 Å². The van der Waals surface area contributed by atoms with Gasteiger partial charge in [-0.2, -0.15) is 0 Å². The Bertz CT molecular complexity index is 1320. The van der Waals surface area contributed by atoms with Crippen LogP contribution >= 0.6 is 15.9 Å². The van der Waals surface area contributed by atoms with Crippen LogP contribution in [0.2, 0.25) is 0 Å². The molecule has 0 N–H and O–H groups in total. The lowest BCUT2D eigenvalue weighted by atomic mass is 9.94. The zero-order valence-corrected chi connectivity index (χ0v) is 19.2. The van der Waals surface area contributed by atoms with E-state index < -0.39 is 15.1 Å². The average molecular weight is 480 g/mol. The zero-order chi connectivity index (χ0) is 21.3. The van der Waals surface area contributed by atoms with Gasteiger partial charge in [-0.25, -0.2) is 8.42 Å². The monoisotopic (exact) mass is 479 g/mol. The topological polar surface area (TPSA) is 47.0 Å². The van der Waals surface area contributed by atoms with Crippen molar-refractivity contribution in [3.63, 3.8) is 0 Å². The third-order valence-electron chi connectivity index (χ3n) is 5.39. The third kappa shape index (κ3) is 4.18. The Hall–Kier alpha value is -2.50. The van der Waals surface area contributed by atoms with Crippen molar-refractivity contribution in [2.75, 3.05) is 6.26 Å². The first-order valence-electron chi connectivity index (χ1n) is 9.75. The minimum Gasteiger partial charge on any atom is -0.256 e. The van der Waals surface area contributed by atoms with E-state index >= 15 is 0 Å². The quantitative estimate of drug-likeness (QED) is 0.337. The van der Waals surface area contributed by atoms with Gasteiger partial charge in [-0.3, -0.25) is 4.98 Å². The van der Waals surface area contributed by atoms with E-state index in [1.807, 2.05) is 42.5 Å². The molecule has 0 saturated heterocycles. The van der Waals surface area contributed by atoms with Gasteiger partial charge in [-0.1, -0.05) is 54.6 Å². The van der Waals surface area contributed by atoms with E-state index in [-0.39, 0.29) is 0 Å². The molecule has 30 heavy (non-hydrogen) atoms. The molecule has 0 radical (unpaired) electrons. The molecule has 0 saturated carbocycles. The minimum absolute atomic E-state index is 0.446. The van der Waals surface area contributed by atoms with Gasteiger partial charge in [-0.15, -0.1) is 0 Å². The van der Waals surface area contributed by atoms with E-state index in [9.17, 15) is 8.42 Å². The second kappa shape index (κ2) is 8.32. The number of rotatable bonds is 5. The van der Waals surface area contributed by atoms with Gasteiger partial charge in [0, 0.05) is 27.9 Å². The number of aromatic nitrogens is 1. The number of fused-ring (bicyclic) bond motifs is 1. The van der Waals surface area contributed by atoms with Gasteiger partial charge in [0.05, 0.1) is 10.8 Å². The van der Waals surface area contributed by atoms with Crippen LogP contribution in [0, 0.1) is 0 Å². The molecule has 4 aromatic rings. The minimum atomic E-state index is -3.11. The molecule has 1 aromatic heterocycles. The Morgan fingerprint density at radius 2 is 1.63 bits per heavy atom. The summed E-state index contributed by atoms with van der Waals surface area (Å²) in [5.74, 6) is 0. The number of nitrogens with zero attached hydrogens (tertiary/aromatic N) is 1. The van der Waals surface area contributed by atoms with Gasteiger partial charge in [0.15, 0.2) is 0 Å². The van der Waals surface area contributed by atoms with Crippen molar-refractivity contribution in [1.82, 2.24) is 4.98 Å². The molecule has 0 aliphatic heterocycles. The number of pyridine rings is 1. The molecule has 3 nitrogen and oxygen atoms in total. The number of halogens is 1. The molecule has 1 heterocycles. The van der Waals surface area contributed by atoms with Gasteiger partial charge in [0.25, 0.3) is 0 Å². The van der Waals surface area contributed by atoms with Gasteiger partial charge in [-0.05, 0) is 69.7 Å². The molecule has 0 bridgehead atoms. The predicted octanol–water partition coefficient (Wildman–Crippen LogP) is 6.31. The molecule has 0 aliphatic rings. The van der Waals surface area contributed by atoms with E-state index in [2.05, 4.69) is 51.2 Å². The Labute approximate surface area is 185 Å². The van der Waals surface area contributed by atoms with Gasteiger partial charge < -0.3 is 0 Å². The molecule has 0 aliphatic carbocycles. The summed E-state index contributed by atoms with van der Waals surface area (Å²) in [4.78, 5) is 4.63. The zero-order valence-electron chi connectivity index (χ0n) is 16.8. The fourth-order valence-corrected chi connectivity index (χ4v) is 4.84. The second-order valence-corrected chi connectivity index (χ2v) is 10.9. The van der Waals surface area contributed by atoms with Gasteiger partial charge in [0.2, 0.25) is 0 Å². The lowest BCUT2D eigenvalue weighted by Gasteiger charge is -2.15. The van der Waals surface area contributed by atoms with Crippen LogP contribution in [-0.2, 0) is 16.3 Å². The highest BCUT2D eigenvalue weighted by Crippen LogP contribution is 2.39. The normalized spacial score (nSPS) is 12.8. The Morgan fingerprint density at radius 3 is 2.37 bits per heavy atom. The van der Waals surface area contributed by atoms with Crippen LogP contribution in [0.1, 0.15) is 12.5 Å². The maximum atomic E-state index is 12.0. The molecule has 1 atom stereocenters. The summed E-state index contributed by atoms with van der Waals surface area (Å²) < 4.78 is 25.0. The second-order valence-electron chi connectivity index (χ2n) is 7.60. The highest BCUT2D eigenvalue weighted by atomic mass is 79.9. The summed E-state index contributed by atoms with van der Waals surface area (Å²) in [6.45, 7) is 1.76. The van der Waals surface area contributed by atoms with E-state index in [1.165, 1.54) is 6.26 Å². The molecule has 0 fully saturated rings. The predicted molar refractivity (Wildman–Crippen MR) is 128 cm³/mol. The van der Waals surface area contributed by atoms with Crippen LogP contribution in [0.5, 0.6) is 0 Å². The SMILES string of the molecule is CC(Cc1cc(-c2cccc(-c3ccccc3)c2Br)c2ncccc2c1)S(C)(=O)=O. The summed E-state index contributed by atoms with van der Waals surface area (Å²) in [6, 6.07) is 24.5. The van der Waals surface area contributed by atoms with Crippen molar-refractivity contribution >= 4 is 36.7 Å². The standard InChI is InChI=1S/C25H22BrNO2S/c1-17(30(2,28)29)14-18-15-20-10-7-13-27-25(20)23(16-18)22-12-6-11-21(24(22)26)19-8-4-3-5-9-19/h3-13,15-17H,14H2,1-2H3. The van der Waals surface area contributed by atoms with Crippen LogP contribution in [-0.4, -0.2) is 24.9 Å². The number of sulfone groups is 1. The molecule has 152 valence electrons. The average Bonchev–Trinajstić information content (AvgIpc) is 2.73. The van der Waals surface area contributed by atoms with E-state index in [4.69, 9.17) is 0 Å². The third-order valence-corrected chi connectivity index (χ3v) is 7.88. The molecule has 1 unspecified atom stereocenters. The van der Waals surface area contributed by atoms with Crippen molar-refractivity contribution in [1.29, 1.82) is 0 Å². The van der Waals surface area contributed by atoms with Gasteiger partial charge >= 0.3 is 0 Å². The molecule has 3 aromatic carbocycles. The van der Waals surface area contributed by atoms with Crippen molar-refractivity contribution in [2.24, 2.45) is 0 Å². The van der Waals surface area contributed by atoms with E-state index in [1.54, 1.807) is 13.1 Å². The summed E-state index contributed by atoms with van der Waals surface area (Å²) in [5, 5.41) is 0.557. The van der Waals surface area contributed by atoms with Crippen LogP contribution in [0.25, 0.3) is 33.2 Å². The number of hydrogen-bond acceptors (Lipinski definition) is 3. The van der Waals surface area contributed by atoms with Crippen molar-refractivity contribution in [3.8, 4) is 22.3 Å². The maximum Gasteiger partial charge on any atom is 0.150 e. The highest BCUT2D eigenvalue weighted by molar-refractivity contribution is 9.10. The van der Waals surface area contributed by atoms with E-state index in [0.717, 1.165) is 43.2 Å². The fourth-order valence-electron chi connectivity index (χ4n) is 3.64. The molecule has 4 rings (SSSR count). The first-order chi connectivity index (χ1) is 14.3. The largest absolute Gasteiger partial charge is 0.256 e. The number of benzene rings is 3. The molecular weight excluding hydrogens is 458 g/mol. The Balaban J connectivity index is 1.91. The van der Waals surface area contributed by atoms with Crippen molar-refractivity contribution in [3.05, 3.63) is 89.0 Å². The molecule has 5 heteroatoms. The summed E-state index contributed by atoms with van der Waals surface area (Å²) in [5.41, 5.74) is 6.15. The Kier molecular flexibility index (Phi) is 5.76. The lowest BCUT2D eigenvalue weighted by molar-refractivity contribution is 0.588. The first kappa shape index (κ1) is 20.8. The summed E-state index contributed by atoms with van der Waals surface area (Å²) in [7, 11) is -3.11. The molecule has 0 amide bonds. The van der Waals surface area contributed by atoms with Crippen LogP contribution < -0.4 is 0 Å². The summed E-state index contributed by atoms with van der Waals surface area (Å²) >= 11 is 3.82. The Morgan fingerprint density at radius 1 is 0.900 bits per heavy atom. The highest BCUT2D eigenvalue weighted by Gasteiger charge is 2.18.